The number of likely N-dealkylation sites (tertiary alicyclic amines) is 1. The average Bonchev–Trinajstić information content (AvgIpc) is 3.03. The molecule has 2 heterocycles. The van der Waals surface area contributed by atoms with Gasteiger partial charge in [-0.05, 0) is 44.4 Å². The van der Waals surface area contributed by atoms with E-state index in [4.69, 9.17) is 4.74 Å². The average molecular weight is 358 g/mol. The monoisotopic (exact) mass is 358 g/mol. The minimum atomic E-state index is -0.344. The first kappa shape index (κ1) is 18.4. The van der Waals surface area contributed by atoms with E-state index in [0.717, 1.165) is 24.1 Å². The molecule has 140 valence electrons. The SMILES string of the molecule is CCOC(=O)[C@@H]1CCCN(C(=O)[C@@H]2CC(=O)N(c3cccc(C)c3)C2)C1. The summed E-state index contributed by atoms with van der Waals surface area (Å²) in [5, 5.41) is 0. The first-order valence-corrected chi connectivity index (χ1v) is 9.32. The van der Waals surface area contributed by atoms with Gasteiger partial charge in [0.15, 0.2) is 0 Å². The Labute approximate surface area is 154 Å². The van der Waals surface area contributed by atoms with E-state index in [9.17, 15) is 14.4 Å². The van der Waals surface area contributed by atoms with E-state index >= 15 is 0 Å². The molecule has 6 nitrogen and oxygen atoms in total. The molecule has 0 unspecified atom stereocenters. The van der Waals surface area contributed by atoms with Crippen LogP contribution in [0.25, 0.3) is 0 Å². The maximum atomic E-state index is 12.9. The Kier molecular flexibility index (Phi) is 5.59. The zero-order chi connectivity index (χ0) is 18.7. The van der Waals surface area contributed by atoms with Crippen molar-refractivity contribution in [2.45, 2.75) is 33.1 Å². The van der Waals surface area contributed by atoms with Gasteiger partial charge in [-0.1, -0.05) is 12.1 Å². The summed E-state index contributed by atoms with van der Waals surface area (Å²) >= 11 is 0. The molecular weight excluding hydrogens is 332 g/mol. The fourth-order valence-electron chi connectivity index (χ4n) is 3.81. The Morgan fingerprint density at radius 2 is 2.04 bits per heavy atom. The van der Waals surface area contributed by atoms with Crippen molar-refractivity contribution in [2.75, 3.05) is 31.1 Å². The lowest BCUT2D eigenvalue weighted by molar-refractivity contribution is -0.152. The van der Waals surface area contributed by atoms with Gasteiger partial charge in [0.25, 0.3) is 0 Å². The standard InChI is InChI=1S/C20H26N2O4/c1-3-26-20(25)15-7-5-9-21(12-15)19(24)16-11-18(23)22(13-16)17-8-4-6-14(2)10-17/h4,6,8,10,15-16H,3,5,7,9,11-13H2,1-2H3/t15-,16-/m1/s1. The Balaban J connectivity index is 1.65. The second kappa shape index (κ2) is 7.89. The van der Waals surface area contributed by atoms with Gasteiger partial charge in [-0.3, -0.25) is 14.4 Å². The number of hydrogen-bond acceptors (Lipinski definition) is 4. The maximum absolute atomic E-state index is 12.9. The molecular formula is C20H26N2O4. The zero-order valence-corrected chi connectivity index (χ0v) is 15.4. The lowest BCUT2D eigenvalue weighted by Gasteiger charge is -2.33. The predicted molar refractivity (Wildman–Crippen MR) is 97.6 cm³/mol. The third-order valence-electron chi connectivity index (χ3n) is 5.14. The van der Waals surface area contributed by atoms with E-state index in [0.29, 0.717) is 26.2 Å². The van der Waals surface area contributed by atoms with Gasteiger partial charge in [0.2, 0.25) is 11.8 Å². The summed E-state index contributed by atoms with van der Waals surface area (Å²) in [6.07, 6.45) is 1.77. The Hall–Kier alpha value is -2.37. The molecule has 3 rings (SSSR count). The van der Waals surface area contributed by atoms with Gasteiger partial charge in [0.05, 0.1) is 18.4 Å². The molecule has 6 heteroatoms. The quantitative estimate of drug-likeness (QED) is 0.774. The molecule has 0 N–H and O–H groups in total. The van der Waals surface area contributed by atoms with E-state index in [1.54, 1.807) is 16.7 Å². The molecule has 0 radical (unpaired) electrons. The number of nitrogens with zero attached hydrogens (tertiary/aromatic N) is 2. The number of carbonyl (C=O) groups is 3. The molecule has 2 fully saturated rings. The molecule has 2 atom stereocenters. The first-order chi connectivity index (χ1) is 12.5. The number of benzene rings is 1. The molecule has 0 saturated carbocycles. The molecule has 2 aliphatic heterocycles. The Bertz CT molecular complexity index is 703. The van der Waals surface area contributed by atoms with Crippen LogP contribution in [0.1, 0.15) is 31.7 Å². The highest BCUT2D eigenvalue weighted by Crippen LogP contribution is 2.28. The van der Waals surface area contributed by atoms with Gasteiger partial charge >= 0.3 is 5.97 Å². The maximum Gasteiger partial charge on any atom is 0.310 e. The topological polar surface area (TPSA) is 66.9 Å². The van der Waals surface area contributed by atoms with Crippen molar-refractivity contribution in [1.29, 1.82) is 0 Å². The second-order valence-corrected chi connectivity index (χ2v) is 7.12. The number of ether oxygens (including phenoxy) is 1. The number of carbonyl (C=O) groups excluding carboxylic acids is 3. The van der Waals surface area contributed by atoms with Crippen LogP contribution in [-0.2, 0) is 19.1 Å². The van der Waals surface area contributed by atoms with Crippen LogP contribution in [0.3, 0.4) is 0 Å². The zero-order valence-electron chi connectivity index (χ0n) is 15.4. The van der Waals surface area contributed by atoms with Crippen LogP contribution in [0.2, 0.25) is 0 Å². The van der Waals surface area contributed by atoms with Crippen molar-refractivity contribution in [1.82, 2.24) is 4.90 Å². The number of piperidine rings is 1. The van der Waals surface area contributed by atoms with Gasteiger partial charge in [-0.25, -0.2) is 0 Å². The van der Waals surface area contributed by atoms with Gasteiger partial charge in [-0.2, -0.15) is 0 Å². The van der Waals surface area contributed by atoms with E-state index in [-0.39, 0.29) is 36.0 Å². The van der Waals surface area contributed by atoms with Crippen LogP contribution in [0.4, 0.5) is 5.69 Å². The molecule has 0 aromatic heterocycles. The van der Waals surface area contributed by atoms with Crippen molar-refractivity contribution in [3.05, 3.63) is 29.8 Å². The number of hydrogen-bond donors (Lipinski definition) is 0. The van der Waals surface area contributed by atoms with Crippen LogP contribution in [0.15, 0.2) is 24.3 Å². The summed E-state index contributed by atoms with van der Waals surface area (Å²) in [4.78, 5) is 40.8. The van der Waals surface area contributed by atoms with Crippen LogP contribution in [0, 0.1) is 18.8 Å². The van der Waals surface area contributed by atoms with Crippen LogP contribution >= 0.6 is 0 Å². The van der Waals surface area contributed by atoms with Crippen molar-refractivity contribution in [2.24, 2.45) is 11.8 Å². The van der Waals surface area contributed by atoms with Gasteiger partial charge in [0, 0.05) is 31.7 Å². The highest BCUT2D eigenvalue weighted by molar-refractivity contribution is 6.00. The van der Waals surface area contributed by atoms with Crippen molar-refractivity contribution in [3.8, 4) is 0 Å². The number of aryl methyl sites for hydroxylation is 1. The largest absolute Gasteiger partial charge is 0.466 e. The number of esters is 1. The number of amides is 2. The summed E-state index contributed by atoms with van der Waals surface area (Å²) in [7, 11) is 0. The third kappa shape index (κ3) is 3.89. The highest BCUT2D eigenvalue weighted by atomic mass is 16.5. The summed E-state index contributed by atoms with van der Waals surface area (Å²) in [6.45, 7) is 5.56. The number of rotatable bonds is 4. The number of anilines is 1. The van der Waals surface area contributed by atoms with Crippen molar-refractivity contribution < 1.29 is 19.1 Å². The molecule has 2 aliphatic rings. The van der Waals surface area contributed by atoms with Gasteiger partial charge < -0.3 is 14.5 Å². The van der Waals surface area contributed by atoms with E-state index in [1.165, 1.54) is 0 Å². The fraction of sp³-hybridized carbons (Fsp3) is 0.550. The minimum absolute atomic E-state index is 0.0205. The van der Waals surface area contributed by atoms with Gasteiger partial charge in [-0.15, -0.1) is 0 Å². The highest BCUT2D eigenvalue weighted by Gasteiger charge is 2.39. The van der Waals surface area contributed by atoms with E-state index in [2.05, 4.69) is 0 Å². The van der Waals surface area contributed by atoms with Crippen molar-refractivity contribution >= 4 is 23.5 Å². The van der Waals surface area contributed by atoms with E-state index in [1.807, 2.05) is 31.2 Å². The third-order valence-corrected chi connectivity index (χ3v) is 5.14. The molecule has 2 saturated heterocycles. The Morgan fingerprint density at radius 1 is 1.23 bits per heavy atom. The molecule has 0 bridgehead atoms. The van der Waals surface area contributed by atoms with Crippen LogP contribution < -0.4 is 4.90 Å². The molecule has 1 aromatic carbocycles. The fourth-order valence-corrected chi connectivity index (χ4v) is 3.81. The molecule has 2 amide bonds. The molecule has 0 aliphatic carbocycles. The normalized spacial score (nSPS) is 23.2. The summed E-state index contributed by atoms with van der Waals surface area (Å²) < 4.78 is 5.10. The summed E-state index contributed by atoms with van der Waals surface area (Å²) in [6, 6.07) is 7.76. The minimum Gasteiger partial charge on any atom is -0.466 e. The Morgan fingerprint density at radius 3 is 2.77 bits per heavy atom. The first-order valence-electron chi connectivity index (χ1n) is 9.32. The smallest absolute Gasteiger partial charge is 0.310 e. The second-order valence-electron chi connectivity index (χ2n) is 7.12. The predicted octanol–water partition coefficient (Wildman–Crippen LogP) is 2.15. The molecule has 26 heavy (non-hydrogen) atoms. The summed E-state index contributed by atoms with van der Waals surface area (Å²) in [5.41, 5.74) is 1.92. The lowest BCUT2D eigenvalue weighted by atomic mass is 9.96. The molecule has 0 spiro atoms. The van der Waals surface area contributed by atoms with Gasteiger partial charge in [0.1, 0.15) is 0 Å². The molecule has 1 aromatic rings. The van der Waals surface area contributed by atoms with Crippen molar-refractivity contribution in [3.63, 3.8) is 0 Å². The van der Waals surface area contributed by atoms with Crippen LogP contribution in [0.5, 0.6) is 0 Å². The summed E-state index contributed by atoms with van der Waals surface area (Å²) in [5.74, 6) is -0.870. The van der Waals surface area contributed by atoms with E-state index < -0.39 is 0 Å². The lowest BCUT2D eigenvalue weighted by Crippen LogP contribution is -2.45. The van der Waals surface area contributed by atoms with Crippen LogP contribution in [-0.4, -0.2) is 48.9 Å².